The topological polar surface area (TPSA) is 86.8 Å². The van der Waals surface area contributed by atoms with Gasteiger partial charge in [0.1, 0.15) is 12.6 Å². The molecule has 0 bridgehead atoms. The molecule has 1 aliphatic carbocycles. The van der Waals surface area contributed by atoms with Gasteiger partial charge in [-0.25, -0.2) is 8.42 Å². The quantitative estimate of drug-likeness (QED) is 0.225. The van der Waals surface area contributed by atoms with Gasteiger partial charge < -0.3 is 10.2 Å². The highest BCUT2D eigenvalue weighted by molar-refractivity contribution is 7.92. The summed E-state index contributed by atoms with van der Waals surface area (Å²) in [4.78, 5) is 29.9. The van der Waals surface area contributed by atoms with Crippen LogP contribution in [-0.4, -0.2) is 50.0 Å². The summed E-state index contributed by atoms with van der Waals surface area (Å²) in [6.45, 7) is -0.430. The van der Waals surface area contributed by atoms with Crippen LogP contribution in [0.2, 0.25) is 5.02 Å². The molecule has 4 aromatic carbocycles. The minimum atomic E-state index is -3.88. The van der Waals surface area contributed by atoms with Crippen molar-refractivity contribution in [3.63, 3.8) is 0 Å². The van der Waals surface area contributed by atoms with Gasteiger partial charge in [-0.2, -0.15) is 0 Å². The van der Waals surface area contributed by atoms with E-state index in [1.807, 2.05) is 72.8 Å². The minimum Gasteiger partial charge on any atom is -0.352 e. The molecule has 1 fully saturated rings. The second-order valence-electron chi connectivity index (χ2n) is 11.1. The molecule has 0 aromatic heterocycles. The van der Waals surface area contributed by atoms with Gasteiger partial charge in [0.2, 0.25) is 21.8 Å². The first kappa shape index (κ1) is 30.6. The van der Waals surface area contributed by atoms with Crippen LogP contribution in [0.15, 0.2) is 97.1 Å². The smallest absolute Gasteiger partial charge is 0.244 e. The standard InChI is InChI=1S/C34H36ClN3O4S/c1-43(41,42)38(31-21-11-16-26-14-5-9-19-29(26)31)24-33(39)37(23-27-15-6-10-20-30(27)35)32(22-25-12-3-2-4-13-25)34(40)36-28-17-7-8-18-28/h2-6,9-16,19-21,28,32H,7-8,17-18,22-24H2,1H3,(H,36,40)/t32-/m1/s1. The van der Waals surface area contributed by atoms with E-state index in [4.69, 9.17) is 11.6 Å². The van der Waals surface area contributed by atoms with Crippen LogP contribution in [0.5, 0.6) is 0 Å². The van der Waals surface area contributed by atoms with Crippen molar-refractivity contribution < 1.29 is 18.0 Å². The fourth-order valence-electron chi connectivity index (χ4n) is 5.75. The number of halogens is 1. The number of benzene rings is 4. The maximum atomic E-state index is 14.4. The van der Waals surface area contributed by atoms with Gasteiger partial charge in [-0.05, 0) is 41.5 Å². The first-order valence-electron chi connectivity index (χ1n) is 14.5. The summed E-state index contributed by atoms with van der Waals surface area (Å²) in [7, 11) is -3.88. The summed E-state index contributed by atoms with van der Waals surface area (Å²) in [5, 5.41) is 5.20. The Morgan fingerprint density at radius 3 is 2.26 bits per heavy atom. The summed E-state index contributed by atoms with van der Waals surface area (Å²) in [5.41, 5.74) is 1.96. The highest BCUT2D eigenvalue weighted by Gasteiger charge is 2.34. The highest BCUT2D eigenvalue weighted by atomic mass is 35.5. The Bertz CT molecular complexity index is 1690. The molecule has 5 rings (SSSR count). The summed E-state index contributed by atoms with van der Waals surface area (Å²) >= 11 is 6.55. The van der Waals surface area contributed by atoms with Crippen LogP contribution < -0.4 is 9.62 Å². The van der Waals surface area contributed by atoms with Gasteiger partial charge in [-0.15, -0.1) is 0 Å². The van der Waals surface area contributed by atoms with Gasteiger partial charge in [-0.3, -0.25) is 13.9 Å². The van der Waals surface area contributed by atoms with E-state index in [0.717, 1.165) is 47.2 Å². The Labute approximate surface area is 258 Å². The average molecular weight is 618 g/mol. The molecule has 0 radical (unpaired) electrons. The van der Waals surface area contributed by atoms with E-state index in [-0.39, 0.29) is 24.9 Å². The van der Waals surface area contributed by atoms with Gasteiger partial charge in [0, 0.05) is 29.4 Å². The van der Waals surface area contributed by atoms with Gasteiger partial charge in [0.05, 0.1) is 11.9 Å². The van der Waals surface area contributed by atoms with E-state index in [2.05, 4.69) is 5.32 Å². The van der Waals surface area contributed by atoms with Crippen molar-refractivity contribution in [3.8, 4) is 0 Å². The second kappa shape index (κ2) is 13.6. The maximum Gasteiger partial charge on any atom is 0.244 e. The van der Waals surface area contributed by atoms with Crippen LogP contribution >= 0.6 is 11.6 Å². The molecule has 7 nitrogen and oxygen atoms in total. The van der Waals surface area contributed by atoms with Crippen molar-refractivity contribution in [2.24, 2.45) is 0 Å². The molecule has 1 saturated carbocycles. The molecule has 0 heterocycles. The zero-order valence-electron chi connectivity index (χ0n) is 24.2. The molecular formula is C34H36ClN3O4S. The number of rotatable bonds is 11. The molecule has 1 aliphatic rings. The molecule has 4 aromatic rings. The predicted molar refractivity (Wildman–Crippen MR) is 172 cm³/mol. The first-order valence-corrected chi connectivity index (χ1v) is 16.8. The summed E-state index contributed by atoms with van der Waals surface area (Å²) < 4.78 is 27.6. The normalized spacial score (nSPS) is 14.4. The number of hydrogen-bond acceptors (Lipinski definition) is 4. The molecule has 0 spiro atoms. The van der Waals surface area contributed by atoms with Gasteiger partial charge in [0.25, 0.3) is 0 Å². The van der Waals surface area contributed by atoms with E-state index in [1.54, 1.807) is 24.3 Å². The number of anilines is 1. The largest absolute Gasteiger partial charge is 0.352 e. The molecule has 0 unspecified atom stereocenters. The lowest BCUT2D eigenvalue weighted by molar-refractivity contribution is -0.140. The molecule has 0 aliphatic heterocycles. The molecule has 1 N–H and O–H groups in total. The number of fused-ring (bicyclic) bond motifs is 1. The van der Waals surface area contributed by atoms with Gasteiger partial charge in [-0.1, -0.05) is 109 Å². The third kappa shape index (κ3) is 7.56. The fraction of sp³-hybridized carbons (Fsp3) is 0.294. The maximum absolute atomic E-state index is 14.4. The summed E-state index contributed by atoms with van der Waals surface area (Å²) in [6.07, 6.45) is 5.24. The molecule has 9 heteroatoms. The Hall–Kier alpha value is -3.88. The first-order chi connectivity index (χ1) is 20.7. The zero-order chi connectivity index (χ0) is 30.4. The van der Waals surface area contributed by atoms with Gasteiger partial charge in [0.15, 0.2) is 0 Å². The van der Waals surface area contributed by atoms with Crippen LogP contribution in [0.1, 0.15) is 36.8 Å². The van der Waals surface area contributed by atoms with Crippen molar-refractivity contribution in [3.05, 3.63) is 113 Å². The third-order valence-electron chi connectivity index (χ3n) is 7.99. The molecule has 0 saturated heterocycles. The lowest BCUT2D eigenvalue weighted by Gasteiger charge is -2.34. The van der Waals surface area contributed by atoms with Crippen LogP contribution in [0.4, 0.5) is 5.69 Å². The Kier molecular flexibility index (Phi) is 9.68. The molecular weight excluding hydrogens is 582 g/mol. The minimum absolute atomic E-state index is 0.0429. The monoisotopic (exact) mass is 617 g/mol. The summed E-state index contributed by atoms with van der Waals surface area (Å²) in [6, 6.07) is 28.7. The molecule has 224 valence electrons. The van der Waals surface area contributed by atoms with Crippen LogP contribution in [-0.2, 0) is 32.6 Å². The van der Waals surface area contributed by atoms with Crippen LogP contribution in [0, 0.1) is 0 Å². The van der Waals surface area contributed by atoms with Crippen molar-refractivity contribution in [1.29, 1.82) is 0 Å². The lowest BCUT2D eigenvalue weighted by atomic mass is 10.0. The van der Waals surface area contributed by atoms with Crippen molar-refractivity contribution in [1.82, 2.24) is 10.2 Å². The lowest BCUT2D eigenvalue weighted by Crippen LogP contribution is -2.54. The van der Waals surface area contributed by atoms with Crippen molar-refractivity contribution >= 4 is 49.9 Å². The van der Waals surface area contributed by atoms with Crippen LogP contribution in [0.25, 0.3) is 10.8 Å². The van der Waals surface area contributed by atoms with E-state index in [9.17, 15) is 18.0 Å². The number of carbonyl (C=O) groups excluding carboxylic acids is 2. The van der Waals surface area contributed by atoms with Crippen molar-refractivity contribution in [2.75, 3.05) is 17.1 Å². The number of carbonyl (C=O) groups is 2. The zero-order valence-corrected chi connectivity index (χ0v) is 25.7. The Balaban J connectivity index is 1.55. The predicted octanol–water partition coefficient (Wildman–Crippen LogP) is 5.96. The van der Waals surface area contributed by atoms with E-state index < -0.39 is 28.5 Å². The number of nitrogens with zero attached hydrogens (tertiary/aromatic N) is 2. The van der Waals surface area contributed by atoms with E-state index >= 15 is 0 Å². The fourth-order valence-corrected chi connectivity index (χ4v) is 6.81. The van der Waals surface area contributed by atoms with E-state index in [1.165, 1.54) is 4.90 Å². The third-order valence-corrected chi connectivity index (χ3v) is 9.48. The molecule has 1 atom stereocenters. The summed E-state index contributed by atoms with van der Waals surface area (Å²) in [5.74, 6) is -0.756. The second-order valence-corrected chi connectivity index (χ2v) is 13.4. The van der Waals surface area contributed by atoms with Gasteiger partial charge >= 0.3 is 0 Å². The number of nitrogens with one attached hydrogen (secondary N) is 1. The Morgan fingerprint density at radius 1 is 0.884 bits per heavy atom. The Morgan fingerprint density at radius 2 is 1.53 bits per heavy atom. The number of sulfonamides is 1. The highest BCUT2D eigenvalue weighted by Crippen LogP contribution is 2.29. The number of amides is 2. The SMILES string of the molecule is CS(=O)(=O)N(CC(=O)N(Cc1ccccc1Cl)[C@H](Cc1ccccc1)C(=O)NC1CCCC1)c1cccc2ccccc12. The molecule has 2 amide bonds. The van der Waals surface area contributed by atoms with Crippen molar-refractivity contribution in [2.45, 2.75) is 50.7 Å². The average Bonchev–Trinajstić information content (AvgIpc) is 3.51. The van der Waals surface area contributed by atoms with Crippen LogP contribution in [0.3, 0.4) is 0 Å². The van der Waals surface area contributed by atoms with E-state index in [0.29, 0.717) is 21.7 Å². The molecule has 43 heavy (non-hydrogen) atoms. The number of hydrogen-bond donors (Lipinski definition) is 1.